The van der Waals surface area contributed by atoms with Gasteiger partial charge in [-0.05, 0) is 59.9 Å². The second-order valence-corrected chi connectivity index (χ2v) is 8.76. The molecule has 3 aromatic carbocycles. The number of carbonyl (C=O) groups is 1. The Bertz CT molecular complexity index is 1640. The Morgan fingerprint density at radius 3 is 2.40 bits per heavy atom. The maximum absolute atomic E-state index is 15.3. The minimum atomic E-state index is -1.56. The van der Waals surface area contributed by atoms with Crippen molar-refractivity contribution in [1.82, 2.24) is 15.2 Å². The van der Waals surface area contributed by atoms with E-state index >= 15 is 4.39 Å². The van der Waals surface area contributed by atoms with Crippen LogP contribution in [0.15, 0.2) is 48.7 Å². The smallest absolute Gasteiger partial charge is 0.338 e. The highest BCUT2D eigenvalue weighted by Crippen LogP contribution is 2.43. The highest BCUT2D eigenvalue weighted by molar-refractivity contribution is 6.07. The monoisotopic (exact) mass is 475 g/mol. The maximum atomic E-state index is 15.3. The Morgan fingerprint density at radius 1 is 1.03 bits per heavy atom. The number of halogens is 3. The van der Waals surface area contributed by atoms with Gasteiger partial charge in [0.15, 0.2) is 0 Å². The Kier molecular flexibility index (Phi) is 5.31. The van der Waals surface area contributed by atoms with Crippen LogP contribution in [0.4, 0.5) is 13.2 Å². The summed E-state index contributed by atoms with van der Waals surface area (Å²) in [5.74, 6) is -4.11. The summed E-state index contributed by atoms with van der Waals surface area (Å²) in [6.45, 7) is 5.67. The van der Waals surface area contributed by atoms with E-state index in [1.165, 1.54) is 12.1 Å². The summed E-state index contributed by atoms with van der Waals surface area (Å²) in [5.41, 5.74) is 3.39. The zero-order valence-corrected chi connectivity index (χ0v) is 19.1. The van der Waals surface area contributed by atoms with Crippen LogP contribution in [0.5, 0.6) is 0 Å². The van der Waals surface area contributed by atoms with Crippen LogP contribution in [0.1, 0.15) is 41.3 Å². The average molecular weight is 475 g/mol. The predicted octanol–water partition coefficient (Wildman–Crippen LogP) is 6.99. The van der Waals surface area contributed by atoms with Crippen molar-refractivity contribution in [2.75, 3.05) is 0 Å². The molecule has 2 heterocycles. The Labute approximate surface area is 198 Å². The fraction of sp³-hybridized carbons (Fsp3) is 0.148. The third-order valence-electron chi connectivity index (χ3n) is 6.22. The van der Waals surface area contributed by atoms with Gasteiger partial charge in [-0.1, -0.05) is 26.0 Å². The molecule has 0 aliphatic carbocycles. The molecule has 0 fully saturated rings. The number of aryl methyl sites for hydroxylation is 1. The lowest BCUT2D eigenvalue weighted by molar-refractivity contribution is 0.0691. The summed E-state index contributed by atoms with van der Waals surface area (Å²) in [4.78, 5) is 16.1. The molecule has 5 nitrogen and oxygen atoms in total. The number of H-pyrrole nitrogens is 1. The Morgan fingerprint density at radius 2 is 1.74 bits per heavy atom. The van der Waals surface area contributed by atoms with E-state index in [0.29, 0.717) is 28.3 Å². The third kappa shape index (κ3) is 3.62. The molecule has 2 N–H and O–H groups in total. The lowest BCUT2D eigenvalue weighted by atomic mass is 9.85. The second-order valence-electron chi connectivity index (χ2n) is 8.76. The molecule has 5 rings (SSSR count). The standard InChI is InChI=1S/C27H20F3N3O2/c1-12(2)22-23(14-4-6-16(28)7-5-14)19-8-15-11-31-33-24(15)13(3)25(19)32-26(22)17-9-21(30)18(27(34)35)10-20(17)29/h4-12H,1-3H3,(H,31,33)(H,34,35). The van der Waals surface area contributed by atoms with Crippen molar-refractivity contribution in [3.63, 3.8) is 0 Å². The highest BCUT2D eigenvalue weighted by Gasteiger charge is 2.25. The van der Waals surface area contributed by atoms with Crippen molar-refractivity contribution in [3.8, 4) is 22.4 Å². The first-order valence-corrected chi connectivity index (χ1v) is 11.0. The normalized spacial score (nSPS) is 11.6. The third-order valence-corrected chi connectivity index (χ3v) is 6.22. The number of aromatic carboxylic acids is 1. The number of carboxylic acids is 1. The molecular weight excluding hydrogens is 455 g/mol. The predicted molar refractivity (Wildman–Crippen MR) is 128 cm³/mol. The number of rotatable bonds is 4. The van der Waals surface area contributed by atoms with E-state index in [0.717, 1.165) is 27.9 Å². The van der Waals surface area contributed by atoms with Crippen molar-refractivity contribution in [2.24, 2.45) is 0 Å². The Balaban J connectivity index is 1.98. The van der Waals surface area contributed by atoms with Crippen LogP contribution in [-0.4, -0.2) is 26.3 Å². The van der Waals surface area contributed by atoms with E-state index in [2.05, 4.69) is 10.2 Å². The van der Waals surface area contributed by atoms with E-state index in [4.69, 9.17) is 4.98 Å². The van der Waals surface area contributed by atoms with Crippen molar-refractivity contribution in [2.45, 2.75) is 26.7 Å². The number of hydrogen-bond acceptors (Lipinski definition) is 3. The van der Waals surface area contributed by atoms with Gasteiger partial charge in [0.1, 0.15) is 17.5 Å². The summed E-state index contributed by atoms with van der Waals surface area (Å²) >= 11 is 0. The molecule has 0 aliphatic rings. The topological polar surface area (TPSA) is 78.9 Å². The maximum Gasteiger partial charge on any atom is 0.338 e. The van der Waals surface area contributed by atoms with Crippen molar-refractivity contribution >= 4 is 27.8 Å². The van der Waals surface area contributed by atoms with E-state index in [9.17, 15) is 18.7 Å². The van der Waals surface area contributed by atoms with E-state index in [1.807, 2.05) is 26.8 Å². The molecule has 0 radical (unpaired) electrons. The van der Waals surface area contributed by atoms with Crippen LogP contribution in [0.3, 0.4) is 0 Å². The zero-order chi connectivity index (χ0) is 25.0. The molecule has 0 atom stereocenters. The van der Waals surface area contributed by atoms with Gasteiger partial charge in [0.05, 0.1) is 28.5 Å². The first-order valence-electron chi connectivity index (χ1n) is 11.0. The molecule has 8 heteroatoms. The van der Waals surface area contributed by atoms with Crippen LogP contribution in [0, 0.1) is 24.4 Å². The number of benzene rings is 3. The molecule has 5 aromatic rings. The van der Waals surface area contributed by atoms with Gasteiger partial charge >= 0.3 is 5.97 Å². The molecule has 0 bridgehead atoms. The molecule has 35 heavy (non-hydrogen) atoms. The number of nitrogens with zero attached hydrogens (tertiary/aromatic N) is 2. The minimum absolute atomic E-state index is 0.148. The summed E-state index contributed by atoms with van der Waals surface area (Å²) in [6.07, 6.45) is 1.69. The van der Waals surface area contributed by atoms with Gasteiger partial charge in [-0.25, -0.2) is 22.9 Å². The number of aromatic amines is 1. The first kappa shape index (κ1) is 22.6. The zero-order valence-electron chi connectivity index (χ0n) is 19.1. The number of fused-ring (bicyclic) bond motifs is 2. The van der Waals surface area contributed by atoms with Gasteiger partial charge in [0, 0.05) is 21.9 Å². The average Bonchev–Trinajstić information content (AvgIpc) is 3.29. The molecule has 0 amide bonds. The van der Waals surface area contributed by atoms with Gasteiger partial charge in [0.25, 0.3) is 0 Å². The van der Waals surface area contributed by atoms with E-state index < -0.39 is 29.0 Å². The quantitative estimate of drug-likeness (QED) is 0.294. The van der Waals surface area contributed by atoms with Gasteiger partial charge in [-0.3, -0.25) is 5.10 Å². The first-order chi connectivity index (χ1) is 16.7. The van der Waals surface area contributed by atoms with Crippen LogP contribution in [0.2, 0.25) is 0 Å². The number of pyridine rings is 1. The number of aromatic nitrogens is 3. The summed E-state index contributed by atoms with van der Waals surface area (Å²) in [6, 6.07) is 9.43. The molecular formula is C27H20F3N3O2. The van der Waals surface area contributed by atoms with Gasteiger partial charge in [-0.2, -0.15) is 5.10 Å². The summed E-state index contributed by atoms with van der Waals surface area (Å²) in [5, 5.41) is 17.9. The van der Waals surface area contributed by atoms with Crippen molar-refractivity contribution < 1.29 is 23.1 Å². The second kappa shape index (κ2) is 8.23. The highest BCUT2D eigenvalue weighted by atomic mass is 19.1. The fourth-order valence-electron chi connectivity index (χ4n) is 4.61. The van der Waals surface area contributed by atoms with Crippen LogP contribution in [-0.2, 0) is 0 Å². The van der Waals surface area contributed by atoms with E-state index in [-0.39, 0.29) is 17.2 Å². The largest absolute Gasteiger partial charge is 0.478 e. The Hall–Kier alpha value is -4.20. The number of hydrogen-bond donors (Lipinski definition) is 2. The molecule has 0 spiro atoms. The van der Waals surface area contributed by atoms with Crippen LogP contribution >= 0.6 is 0 Å². The minimum Gasteiger partial charge on any atom is -0.478 e. The summed E-state index contributed by atoms with van der Waals surface area (Å²) < 4.78 is 43.8. The van der Waals surface area contributed by atoms with Crippen LogP contribution < -0.4 is 0 Å². The van der Waals surface area contributed by atoms with Crippen molar-refractivity contribution in [1.29, 1.82) is 0 Å². The van der Waals surface area contributed by atoms with Gasteiger partial charge < -0.3 is 5.11 Å². The molecule has 0 unspecified atom stereocenters. The van der Waals surface area contributed by atoms with Gasteiger partial charge in [0.2, 0.25) is 0 Å². The van der Waals surface area contributed by atoms with E-state index in [1.54, 1.807) is 18.3 Å². The number of nitrogens with one attached hydrogen (secondary N) is 1. The molecule has 176 valence electrons. The molecule has 0 saturated heterocycles. The lowest BCUT2D eigenvalue weighted by Crippen LogP contribution is -2.06. The molecule has 0 saturated carbocycles. The van der Waals surface area contributed by atoms with Gasteiger partial charge in [-0.15, -0.1) is 0 Å². The molecule has 0 aliphatic heterocycles. The fourth-order valence-corrected chi connectivity index (χ4v) is 4.61. The molecule has 2 aromatic heterocycles. The van der Waals surface area contributed by atoms with Crippen molar-refractivity contribution in [3.05, 3.63) is 82.8 Å². The lowest BCUT2D eigenvalue weighted by Gasteiger charge is -2.22. The SMILES string of the molecule is Cc1c2nc(-c3cc(F)c(C(=O)O)cc3F)c(C(C)C)c(-c3ccc(F)cc3)c2cc2cn[nH]c12. The van der Waals surface area contributed by atoms with Crippen LogP contribution in [0.25, 0.3) is 44.2 Å². The summed E-state index contributed by atoms with van der Waals surface area (Å²) in [7, 11) is 0. The number of carboxylic acid groups (broad SMARTS) is 1.